The van der Waals surface area contributed by atoms with Gasteiger partial charge in [-0.05, 0) is 50.5 Å². The topological polar surface area (TPSA) is 105 Å². The number of piperidine rings is 1. The molecule has 0 amide bonds. The van der Waals surface area contributed by atoms with E-state index in [4.69, 9.17) is 14.7 Å². The zero-order valence-electron chi connectivity index (χ0n) is 15.8. The Morgan fingerprint density at radius 1 is 1.32 bits per heavy atom. The van der Waals surface area contributed by atoms with Crippen LogP contribution in [-0.4, -0.2) is 48.5 Å². The van der Waals surface area contributed by atoms with Crippen molar-refractivity contribution in [2.45, 2.75) is 37.7 Å². The normalized spacial score (nSPS) is 17.7. The van der Waals surface area contributed by atoms with E-state index in [-0.39, 0.29) is 23.0 Å². The van der Waals surface area contributed by atoms with Crippen LogP contribution in [0.25, 0.3) is 0 Å². The van der Waals surface area contributed by atoms with Gasteiger partial charge in [-0.1, -0.05) is 0 Å². The zero-order valence-corrected chi connectivity index (χ0v) is 16.6. The zero-order chi connectivity index (χ0) is 20.1. The van der Waals surface area contributed by atoms with E-state index in [1.165, 1.54) is 16.7 Å². The molecule has 1 aliphatic heterocycles. The van der Waals surface area contributed by atoms with Crippen LogP contribution >= 0.6 is 0 Å². The van der Waals surface area contributed by atoms with Crippen molar-refractivity contribution < 1.29 is 17.9 Å². The van der Waals surface area contributed by atoms with Gasteiger partial charge in [0.2, 0.25) is 15.7 Å². The monoisotopic (exact) mass is 402 g/mol. The van der Waals surface area contributed by atoms with Gasteiger partial charge in [0.25, 0.3) is 5.88 Å². The summed E-state index contributed by atoms with van der Waals surface area (Å²) in [4.78, 5) is 8.19. The van der Waals surface area contributed by atoms with Gasteiger partial charge in [-0.15, -0.1) is 0 Å². The molecule has 1 aromatic heterocycles. The molecule has 0 N–H and O–H groups in total. The third-order valence-electron chi connectivity index (χ3n) is 4.47. The Hall–Kier alpha value is -2.70. The molecule has 1 aliphatic rings. The number of ether oxygens (including phenoxy) is 2. The minimum Gasteiger partial charge on any atom is -0.494 e. The standard InChI is InChI=1S/C19H22N4O4S/c1-3-26-18-7-6-16(11-14(18)2)28(24,25)23-10-4-5-15(13-23)27-19-17(12-20)21-8-9-22-19/h6-9,11,15H,3-5,10,13H2,1-2H3. The van der Waals surface area contributed by atoms with Crippen LogP contribution in [0.2, 0.25) is 0 Å². The molecule has 1 atom stereocenters. The van der Waals surface area contributed by atoms with Crippen LogP contribution in [-0.2, 0) is 10.0 Å². The first-order valence-electron chi connectivity index (χ1n) is 9.07. The van der Waals surface area contributed by atoms with Crippen molar-refractivity contribution in [2.24, 2.45) is 0 Å². The summed E-state index contributed by atoms with van der Waals surface area (Å²) in [5, 5.41) is 9.12. The van der Waals surface area contributed by atoms with Crippen molar-refractivity contribution in [3.05, 3.63) is 41.9 Å². The molecule has 1 aromatic carbocycles. The SMILES string of the molecule is CCOc1ccc(S(=O)(=O)N2CCCC(Oc3nccnc3C#N)C2)cc1C. The molecule has 2 aromatic rings. The van der Waals surface area contributed by atoms with E-state index in [1.54, 1.807) is 18.2 Å². The van der Waals surface area contributed by atoms with Crippen molar-refractivity contribution >= 4 is 10.0 Å². The van der Waals surface area contributed by atoms with Crippen molar-refractivity contribution in [1.29, 1.82) is 5.26 Å². The van der Waals surface area contributed by atoms with E-state index in [0.717, 1.165) is 5.56 Å². The Balaban J connectivity index is 1.77. The predicted octanol–water partition coefficient (Wildman–Crippen LogP) is 2.29. The number of hydrogen-bond acceptors (Lipinski definition) is 7. The van der Waals surface area contributed by atoms with Gasteiger partial charge in [0.15, 0.2) is 0 Å². The number of aryl methyl sites for hydroxylation is 1. The Morgan fingerprint density at radius 3 is 2.82 bits per heavy atom. The van der Waals surface area contributed by atoms with Crippen LogP contribution in [0.3, 0.4) is 0 Å². The molecule has 0 bridgehead atoms. The van der Waals surface area contributed by atoms with E-state index in [0.29, 0.717) is 31.7 Å². The summed E-state index contributed by atoms with van der Waals surface area (Å²) in [6.45, 7) is 4.83. The molecule has 1 fully saturated rings. The van der Waals surface area contributed by atoms with Gasteiger partial charge in [-0.25, -0.2) is 18.4 Å². The number of benzene rings is 1. The minimum atomic E-state index is -3.66. The molecule has 9 heteroatoms. The third kappa shape index (κ3) is 4.24. The summed E-state index contributed by atoms with van der Waals surface area (Å²) >= 11 is 0. The lowest BCUT2D eigenvalue weighted by Crippen LogP contribution is -2.44. The van der Waals surface area contributed by atoms with Gasteiger partial charge >= 0.3 is 0 Å². The summed E-state index contributed by atoms with van der Waals surface area (Å²) in [7, 11) is -3.66. The lowest BCUT2D eigenvalue weighted by molar-refractivity contribution is 0.124. The van der Waals surface area contributed by atoms with E-state index in [9.17, 15) is 8.42 Å². The van der Waals surface area contributed by atoms with Gasteiger partial charge in [-0.2, -0.15) is 9.57 Å². The quantitative estimate of drug-likeness (QED) is 0.730. The van der Waals surface area contributed by atoms with Gasteiger partial charge in [-0.3, -0.25) is 0 Å². The van der Waals surface area contributed by atoms with E-state index in [2.05, 4.69) is 9.97 Å². The first kappa shape index (κ1) is 20.0. The molecule has 1 saturated heterocycles. The summed E-state index contributed by atoms with van der Waals surface area (Å²) < 4.78 is 38.9. The highest BCUT2D eigenvalue weighted by atomic mass is 32.2. The fraction of sp³-hybridized carbons (Fsp3) is 0.421. The summed E-state index contributed by atoms with van der Waals surface area (Å²) in [5.41, 5.74) is 0.857. The highest BCUT2D eigenvalue weighted by Crippen LogP contribution is 2.27. The minimum absolute atomic E-state index is 0.0876. The Morgan fingerprint density at radius 2 is 2.11 bits per heavy atom. The molecule has 0 spiro atoms. The van der Waals surface area contributed by atoms with Crippen LogP contribution in [0.15, 0.2) is 35.5 Å². The molecule has 0 aliphatic carbocycles. The number of nitrogens with zero attached hydrogens (tertiary/aromatic N) is 4. The van der Waals surface area contributed by atoms with Crippen LogP contribution in [0.5, 0.6) is 11.6 Å². The maximum Gasteiger partial charge on any atom is 0.251 e. The van der Waals surface area contributed by atoms with Crippen LogP contribution in [0.4, 0.5) is 0 Å². The van der Waals surface area contributed by atoms with E-state index >= 15 is 0 Å². The van der Waals surface area contributed by atoms with Crippen molar-refractivity contribution in [3.63, 3.8) is 0 Å². The number of aromatic nitrogens is 2. The molecular weight excluding hydrogens is 380 g/mol. The third-order valence-corrected chi connectivity index (χ3v) is 6.33. The van der Waals surface area contributed by atoms with Crippen molar-refractivity contribution in [2.75, 3.05) is 19.7 Å². The summed E-state index contributed by atoms with van der Waals surface area (Å²) in [6, 6.07) is 6.80. The fourth-order valence-electron chi connectivity index (χ4n) is 3.11. The van der Waals surface area contributed by atoms with Crippen LogP contribution < -0.4 is 9.47 Å². The largest absolute Gasteiger partial charge is 0.494 e. The molecule has 0 radical (unpaired) electrons. The van der Waals surface area contributed by atoms with E-state index < -0.39 is 16.1 Å². The molecule has 8 nitrogen and oxygen atoms in total. The second-order valence-corrected chi connectivity index (χ2v) is 8.37. The average molecular weight is 402 g/mol. The average Bonchev–Trinajstić information content (AvgIpc) is 2.70. The Labute approximate surface area is 164 Å². The number of nitriles is 1. The van der Waals surface area contributed by atoms with E-state index in [1.807, 2.05) is 19.9 Å². The van der Waals surface area contributed by atoms with Crippen molar-refractivity contribution in [3.8, 4) is 17.7 Å². The van der Waals surface area contributed by atoms with Crippen LogP contribution in [0.1, 0.15) is 31.0 Å². The number of rotatable bonds is 6. The lowest BCUT2D eigenvalue weighted by atomic mass is 10.1. The maximum absolute atomic E-state index is 13.1. The second kappa shape index (κ2) is 8.54. The van der Waals surface area contributed by atoms with Gasteiger partial charge in [0.05, 0.1) is 18.0 Å². The first-order chi connectivity index (χ1) is 13.5. The second-order valence-electron chi connectivity index (χ2n) is 6.43. The number of sulfonamides is 1. The number of hydrogen-bond donors (Lipinski definition) is 0. The Kier molecular flexibility index (Phi) is 6.11. The molecule has 3 rings (SSSR count). The highest BCUT2D eigenvalue weighted by molar-refractivity contribution is 7.89. The molecule has 28 heavy (non-hydrogen) atoms. The molecule has 0 saturated carbocycles. The lowest BCUT2D eigenvalue weighted by Gasteiger charge is -2.32. The highest BCUT2D eigenvalue weighted by Gasteiger charge is 2.32. The molecule has 148 valence electrons. The fourth-order valence-corrected chi connectivity index (χ4v) is 4.71. The smallest absolute Gasteiger partial charge is 0.251 e. The molecular formula is C19H22N4O4S. The molecule has 2 heterocycles. The first-order valence-corrected chi connectivity index (χ1v) is 10.5. The van der Waals surface area contributed by atoms with Gasteiger partial charge in [0.1, 0.15) is 17.9 Å². The summed E-state index contributed by atoms with van der Waals surface area (Å²) in [6.07, 6.45) is 3.79. The predicted molar refractivity (Wildman–Crippen MR) is 102 cm³/mol. The summed E-state index contributed by atoms with van der Waals surface area (Å²) in [5.74, 6) is 0.805. The van der Waals surface area contributed by atoms with Gasteiger partial charge in [0, 0.05) is 18.9 Å². The molecule has 1 unspecified atom stereocenters. The van der Waals surface area contributed by atoms with Gasteiger partial charge < -0.3 is 9.47 Å². The van der Waals surface area contributed by atoms with Crippen LogP contribution in [0, 0.1) is 18.3 Å². The Bertz CT molecular complexity index is 988. The van der Waals surface area contributed by atoms with Crippen molar-refractivity contribution in [1.82, 2.24) is 14.3 Å². The maximum atomic E-state index is 13.1.